The summed E-state index contributed by atoms with van der Waals surface area (Å²) in [5.41, 5.74) is 5.07. The first-order chi connectivity index (χ1) is 16.2. The molecule has 0 saturated carbocycles. The summed E-state index contributed by atoms with van der Waals surface area (Å²) in [5.74, 6) is 3.12. The third kappa shape index (κ3) is 4.86. The van der Waals surface area contributed by atoms with E-state index in [-0.39, 0.29) is 11.8 Å². The largest absolute Gasteiger partial charge is 0.497 e. The SMILES string of the molecule is COc1ccc2c(c1)OC[C@@H](c1cccc(C)c1)[C@H]2c1ccc(OCCN2CCCC2)cc1. The van der Waals surface area contributed by atoms with Crippen LogP contribution in [-0.4, -0.2) is 44.9 Å². The maximum absolute atomic E-state index is 6.24. The maximum atomic E-state index is 6.24. The summed E-state index contributed by atoms with van der Waals surface area (Å²) in [6.45, 7) is 6.95. The van der Waals surface area contributed by atoms with Crippen molar-refractivity contribution in [1.82, 2.24) is 4.90 Å². The first-order valence-corrected chi connectivity index (χ1v) is 12.0. The lowest BCUT2D eigenvalue weighted by molar-refractivity contribution is 0.237. The number of nitrogens with zero attached hydrogens (tertiary/aromatic N) is 1. The van der Waals surface area contributed by atoms with Crippen molar-refractivity contribution in [2.45, 2.75) is 31.6 Å². The average Bonchev–Trinajstić information content (AvgIpc) is 3.37. The van der Waals surface area contributed by atoms with Crippen molar-refractivity contribution in [3.63, 3.8) is 0 Å². The number of methoxy groups -OCH3 is 1. The number of hydrogen-bond donors (Lipinski definition) is 0. The molecule has 1 fully saturated rings. The molecule has 33 heavy (non-hydrogen) atoms. The molecule has 4 heteroatoms. The molecule has 2 atom stereocenters. The normalized spacial score (nSPS) is 20.2. The van der Waals surface area contributed by atoms with Crippen molar-refractivity contribution in [2.24, 2.45) is 0 Å². The van der Waals surface area contributed by atoms with Crippen LogP contribution in [0.2, 0.25) is 0 Å². The Labute approximate surface area is 197 Å². The van der Waals surface area contributed by atoms with E-state index >= 15 is 0 Å². The molecule has 172 valence electrons. The van der Waals surface area contributed by atoms with Gasteiger partial charge in [-0.15, -0.1) is 0 Å². The molecule has 0 bridgehead atoms. The van der Waals surface area contributed by atoms with Gasteiger partial charge in [-0.1, -0.05) is 48.0 Å². The van der Waals surface area contributed by atoms with E-state index in [1.165, 1.54) is 48.2 Å². The van der Waals surface area contributed by atoms with E-state index in [1.807, 2.05) is 12.1 Å². The third-order valence-corrected chi connectivity index (χ3v) is 6.96. The number of aryl methyl sites for hydroxylation is 1. The Balaban J connectivity index is 1.41. The summed E-state index contributed by atoms with van der Waals surface area (Å²) in [6.07, 6.45) is 2.63. The Hall–Kier alpha value is -2.98. The highest BCUT2D eigenvalue weighted by molar-refractivity contribution is 5.51. The molecule has 0 unspecified atom stereocenters. The third-order valence-electron chi connectivity index (χ3n) is 6.96. The molecule has 3 aromatic rings. The van der Waals surface area contributed by atoms with Crippen LogP contribution in [0.15, 0.2) is 66.7 Å². The molecule has 0 N–H and O–H groups in total. The van der Waals surface area contributed by atoms with Crippen molar-refractivity contribution < 1.29 is 14.2 Å². The molecule has 0 radical (unpaired) electrons. The summed E-state index contributed by atoms with van der Waals surface area (Å²) < 4.78 is 17.7. The Bertz CT molecular complexity index is 1070. The van der Waals surface area contributed by atoms with Gasteiger partial charge in [0.2, 0.25) is 0 Å². The van der Waals surface area contributed by atoms with Gasteiger partial charge in [0.1, 0.15) is 23.9 Å². The minimum Gasteiger partial charge on any atom is -0.497 e. The zero-order chi connectivity index (χ0) is 22.6. The predicted molar refractivity (Wildman–Crippen MR) is 132 cm³/mol. The topological polar surface area (TPSA) is 30.9 Å². The highest BCUT2D eigenvalue weighted by Gasteiger charge is 2.33. The summed E-state index contributed by atoms with van der Waals surface area (Å²) in [5, 5.41) is 0. The number of rotatable bonds is 7. The van der Waals surface area contributed by atoms with E-state index in [0.717, 1.165) is 30.4 Å². The standard InChI is InChI=1S/C29H33NO3/c1-21-6-5-7-23(18-21)27-20-33-28-19-25(31-2)12-13-26(28)29(27)22-8-10-24(11-9-22)32-17-16-30-14-3-4-15-30/h5-13,18-19,27,29H,3-4,14-17,20H2,1-2H3/t27-,29-/m0/s1. The molecule has 1 saturated heterocycles. The Morgan fingerprint density at radius 3 is 2.45 bits per heavy atom. The van der Waals surface area contributed by atoms with Gasteiger partial charge in [0.05, 0.1) is 13.7 Å². The Kier molecular flexibility index (Phi) is 6.54. The second-order valence-electron chi connectivity index (χ2n) is 9.18. The molecular formula is C29H33NO3. The highest BCUT2D eigenvalue weighted by atomic mass is 16.5. The lowest BCUT2D eigenvalue weighted by Crippen LogP contribution is -2.25. The van der Waals surface area contributed by atoms with Crippen LogP contribution in [0.4, 0.5) is 0 Å². The van der Waals surface area contributed by atoms with Crippen molar-refractivity contribution in [2.75, 3.05) is 40.0 Å². The van der Waals surface area contributed by atoms with Gasteiger partial charge >= 0.3 is 0 Å². The van der Waals surface area contributed by atoms with E-state index in [2.05, 4.69) is 66.4 Å². The summed E-state index contributed by atoms with van der Waals surface area (Å²) in [4.78, 5) is 2.48. The zero-order valence-electron chi connectivity index (χ0n) is 19.6. The van der Waals surface area contributed by atoms with Crippen LogP contribution in [0.1, 0.15) is 46.9 Å². The molecule has 2 aliphatic rings. The van der Waals surface area contributed by atoms with Crippen molar-refractivity contribution >= 4 is 0 Å². The van der Waals surface area contributed by atoms with Gasteiger partial charge in [0, 0.05) is 30.0 Å². The van der Waals surface area contributed by atoms with E-state index in [4.69, 9.17) is 14.2 Å². The number of likely N-dealkylation sites (tertiary alicyclic amines) is 1. The van der Waals surface area contributed by atoms with E-state index in [1.54, 1.807) is 7.11 Å². The lowest BCUT2D eigenvalue weighted by atomic mass is 9.75. The van der Waals surface area contributed by atoms with Gasteiger partial charge in [0.15, 0.2) is 0 Å². The predicted octanol–water partition coefficient (Wildman–Crippen LogP) is 5.79. The maximum Gasteiger partial charge on any atom is 0.126 e. The van der Waals surface area contributed by atoms with Crippen molar-refractivity contribution in [1.29, 1.82) is 0 Å². The molecule has 2 heterocycles. The minimum absolute atomic E-state index is 0.208. The van der Waals surface area contributed by atoms with Crippen LogP contribution < -0.4 is 14.2 Å². The molecule has 0 spiro atoms. The Morgan fingerprint density at radius 1 is 0.909 bits per heavy atom. The average molecular weight is 444 g/mol. The Morgan fingerprint density at radius 2 is 1.70 bits per heavy atom. The van der Waals surface area contributed by atoms with Gasteiger partial charge in [0.25, 0.3) is 0 Å². The summed E-state index contributed by atoms with van der Waals surface area (Å²) in [7, 11) is 1.69. The monoisotopic (exact) mass is 443 g/mol. The molecule has 5 rings (SSSR count). The van der Waals surface area contributed by atoms with Crippen LogP contribution >= 0.6 is 0 Å². The van der Waals surface area contributed by atoms with Crippen LogP contribution in [0.25, 0.3) is 0 Å². The fourth-order valence-corrected chi connectivity index (χ4v) is 5.19. The second kappa shape index (κ2) is 9.88. The molecular weight excluding hydrogens is 410 g/mol. The first kappa shape index (κ1) is 21.8. The van der Waals surface area contributed by atoms with Crippen molar-refractivity contribution in [3.8, 4) is 17.2 Å². The number of benzene rings is 3. The van der Waals surface area contributed by atoms with Crippen LogP contribution in [0.3, 0.4) is 0 Å². The molecule has 0 aromatic heterocycles. The van der Waals surface area contributed by atoms with E-state index in [0.29, 0.717) is 6.61 Å². The minimum atomic E-state index is 0.208. The first-order valence-electron chi connectivity index (χ1n) is 12.0. The molecule has 0 amide bonds. The van der Waals surface area contributed by atoms with Gasteiger partial charge in [-0.05, 0) is 62.2 Å². The fourth-order valence-electron chi connectivity index (χ4n) is 5.19. The van der Waals surface area contributed by atoms with Crippen LogP contribution in [0, 0.1) is 6.92 Å². The van der Waals surface area contributed by atoms with E-state index in [9.17, 15) is 0 Å². The summed E-state index contributed by atoms with van der Waals surface area (Å²) in [6, 6.07) is 23.7. The van der Waals surface area contributed by atoms with Crippen LogP contribution in [-0.2, 0) is 0 Å². The van der Waals surface area contributed by atoms with Gasteiger partial charge in [-0.2, -0.15) is 0 Å². The lowest BCUT2D eigenvalue weighted by Gasteiger charge is -2.35. The van der Waals surface area contributed by atoms with E-state index < -0.39 is 0 Å². The molecule has 3 aromatic carbocycles. The molecule has 0 aliphatic carbocycles. The zero-order valence-corrected chi connectivity index (χ0v) is 19.6. The number of hydrogen-bond acceptors (Lipinski definition) is 4. The highest BCUT2D eigenvalue weighted by Crippen LogP contribution is 2.47. The summed E-state index contributed by atoms with van der Waals surface area (Å²) >= 11 is 0. The number of ether oxygens (including phenoxy) is 3. The number of fused-ring (bicyclic) bond motifs is 1. The van der Waals surface area contributed by atoms with Gasteiger partial charge in [-0.25, -0.2) is 0 Å². The van der Waals surface area contributed by atoms with Gasteiger partial charge in [-0.3, -0.25) is 4.90 Å². The van der Waals surface area contributed by atoms with Crippen LogP contribution in [0.5, 0.6) is 17.2 Å². The quantitative estimate of drug-likeness (QED) is 0.463. The smallest absolute Gasteiger partial charge is 0.126 e. The van der Waals surface area contributed by atoms with Crippen molar-refractivity contribution in [3.05, 3.63) is 89.0 Å². The fraction of sp³-hybridized carbons (Fsp3) is 0.379. The molecule has 4 nitrogen and oxygen atoms in total. The molecule has 2 aliphatic heterocycles. The second-order valence-corrected chi connectivity index (χ2v) is 9.18. The van der Waals surface area contributed by atoms with Gasteiger partial charge < -0.3 is 14.2 Å².